The van der Waals surface area contributed by atoms with Gasteiger partial charge in [0.05, 0.1) is 18.2 Å². The highest BCUT2D eigenvalue weighted by atomic mass is 16.5. The molecule has 2 aliphatic rings. The first kappa shape index (κ1) is 9.73. The first-order valence-electron chi connectivity index (χ1n) is 5.04. The zero-order chi connectivity index (χ0) is 10.0. The lowest BCUT2D eigenvalue weighted by Crippen LogP contribution is -2.42. The minimum atomic E-state index is -0.954. The largest absolute Gasteiger partial charge is 0.465 e. The van der Waals surface area contributed by atoms with Crippen molar-refractivity contribution in [2.24, 2.45) is 0 Å². The minimum absolute atomic E-state index is 0.0226. The highest BCUT2D eigenvalue weighted by molar-refractivity contribution is 5.64. The fraction of sp³-hybridized carbons (Fsp3) is 0.889. The van der Waals surface area contributed by atoms with Crippen LogP contribution in [0.1, 0.15) is 19.3 Å². The molecule has 2 fully saturated rings. The summed E-state index contributed by atoms with van der Waals surface area (Å²) in [6, 6.07) is -0.0226. The van der Waals surface area contributed by atoms with Crippen LogP contribution in [-0.4, -0.2) is 42.5 Å². The molecule has 1 amide bonds. The molecule has 0 aliphatic carbocycles. The lowest BCUT2D eigenvalue weighted by Gasteiger charge is -2.32. The van der Waals surface area contributed by atoms with E-state index in [1.807, 2.05) is 0 Å². The lowest BCUT2D eigenvalue weighted by molar-refractivity contribution is -0.0194. The van der Waals surface area contributed by atoms with Crippen molar-refractivity contribution >= 4 is 6.09 Å². The Balaban J connectivity index is 1.89. The molecule has 2 aliphatic heterocycles. The molecule has 0 bridgehead atoms. The Hall–Kier alpha value is -0.810. The Kier molecular flexibility index (Phi) is 2.60. The maximum absolute atomic E-state index is 10.4. The van der Waals surface area contributed by atoms with E-state index in [0.717, 1.165) is 32.4 Å². The molecule has 0 radical (unpaired) electrons. The standard InChI is InChI=1S/C9H16N2O3/c12-8(13)11-7-5-9(14-6-7)1-3-10-4-2-9/h7,10-11H,1-6H2,(H,12,13). The number of ether oxygens (including phenoxy) is 1. The van der Waals surface area contributed by atoms with Crippen LogP contribution in [0.5, 0.6) is 0 Å². The molecular formula is C9H16N2O3. The van der Waals surface area contributed by atoms with Crippen LogP contribution in [0.4, 0.5) is 4.79 Å². The predicted molar refractivity (Wildman–Crippen MR) is 50.4 cm³/mol. The van der Waals surface area contributed by atoms with Crippen LogP contribution in [-0.2, 0) is 4.74 Å². The number of hydrogen-bond donors (Lipinski definition) is 3. The van der Waals surface area contributed by atoms with Crippen molar-refractivity contribution in [3.63, 3.8) is 0 Å². The van der Waals surface area contributed by atoms with Gasteiger partial charge in [-0.2, -0.15) is 0 Å². The molecular weight excluding hydrogens is 184 g/mol. The number of carboxylic acid groups (broad SMARTS) is 1. The first-order chi connectivity index (χ1) is 6.70. The van der Waals surface area contributed by atoms with Gasteiger partial charge in [0.2, 0.25) is 0 Å². The number of piperidine rings is 1. The van der Waals surface area contributed by atoms with E-state index in [2.05, 4.69) is 10.6 Å². The van der Waals surface area contributed by atoms with Crippen LogP contribution in [0.2, 0.25) is 0 Å². The quantitative estimate of drug-likeness (QED) is 0.564. The van der Waals surface area contributed by atoms with Gasteiger partial charge in [0, 0.05) is 0 Å². The highest BCUT2D eigenvalue weighted by Crippen LogP contribution is 2.33. The van der Waals surface area contributed by atoms with Crippen LogP contribution >= 0.6 is 0 Å². The number of carbonyl (C=O) groups is 1. The summed E-state index contributed by atoms with van der Waals surface area (Å²) in [5.41, 5.74) is -0.0572. The molecule has 1 atom stereocenters. The second kappa shape index (κ2) is 3.74. The Morgan fingerprint density at radius 1 is 1.50 bits per heavy atom. The fourth-order valence-electron chi connectivity index (χ4n) is 2.34. The molecule has 5 nitrogen and oxygen atoms in total. The van der Waals surface area contributed by atoms with E-state index in [0.29, 0.717) is 6.61 Å². The molecule has 3 N–H and O–H groups in total. The van der Waals surface area contributed by atoms with Gasteiger partial charge in [0.1, 0.15) is 0 Å². The van der Waals surface area contributed by atoms with Gasteiger partial charge in [-0.05, 0) is 32.4 Å². The summed E-state index contributed by atoms with van der Waals surface area (Å²) >= 11 is 0. The maximum atomic E-state index is 10.4. The summed E-state index contributed by atoms with van der Waals surface area (Å²) in [6.45, 7) is 2.46. The van der Waals surface area contributed by atoms with Crippen LogP contribution in [0.25, 0.3) is 0 Å². The summed E-state index contributed by atoms with van der Waals surface area (Å²) in [7, 11) is 0. The van der Waals surface area contributed by atoms with Gasteiger partial charge in [-0.25, -0.2) is 4.79 Å². The van der Waals surface area contributed by atoms with E-state index in [1.54, 1.807) is 0 Å². The molecule has 0 aromatic rings. The molecule has 14 heavy (non-hydrogen) atoms. The van der Waals surface area contributed by atoms with Crippen LogP contribution in [0, 0.1) is 0 Å². The second-order valence-electron chi connectivity index (χ2n) is 4.09. The molecule has 0 aromatic carbocycles. The third kappa shape index (κ3) is 1.99. The van der Waals surface area contributed by atoms with Crippen molar-refractivity contribution in [1.29, 1.82) is 0 Å². The Morgan fingerprint density at radius 2 is 2.21 bits per heavy atom. The monoisotopic (exact) mass is 200 g/mol. The average molecular weight is 200 g/mol. The molecule has 80 valence electrons. The minimum Gasteiger partial charge on any atom is -0.465 e. The summed E-state index contributed by atoms with van der Waals surface area (Å²) in [5, 5.41) is 14.3. The lowest BCUT2D eigenvalue weighted by atomic mass is 9.88. The summed E-state index contributed by atoms with van der Waals surface area (Å²) in [4.78, 5) is 10.4. The Bertz CT molecular complexity index is 226. The van der Waals surface area contributed by atoms with E-state index >= 15 is 0 Å². The third-order valence-electron chi connectivity index (χ3n) is 3.05. The van der Waals surface area contributed by atoms with Gasteiger partial charge >= 0.3 is 6.09 Å². The van der Waals surface area contributed by atoms with Crippen molar-refractivity contribution in [1.82, 2.24) is 10.6 Å². The first-order valence-corrected chi connectivity index (χ1v) is 5.04. The van der Waals surface area contributed by atoms with Gasteiger partial charge in [-0.3, -0.25) is 0 Å². The van der Waals surface area contributed by atoms with E-state index in [1.165, 1.54) is 0 Å². The SMILES string of the molecule is O=C(O)NC1COC2(CCNCC2)C1. The fourth-order valence-corrected chi connectivity index (χ4v) is 2.34. The molecule has 0 saturated carbocycles. The molecule has 1 spiro atoms. The summed E-state index contributed by atoms with van der Waals surface area (Å²) in [6.07, 6.45) is 1.85. The number of hydrogen-bond acceptors (Lipinski definition) is 3. The van der Waals surface area contributed by atoms with Gasteiger partial charge in [0.15, 0.2) is 0 Å². The van der Waals surface area contributed by atoms with Crippen molar-refractivity contribution in [3.8, 4) is 0 Å². The van der Waals surface area contributed by atoms with E-state index in [4.69, 9.17) is 9.84 Å². The van der Waals surface area contributed by atoms with Crippen molar-refractivity contribution in [2.45, 2.75) is 30.9 Å². The molecule has 2 heterocycles. The smallest absolute Gasteiger partial charge is 0.404 e. The highest BCUT2D eigenvalue weighted by Gasteiger charge is 2.41. The zero-order valence-electron chi connectivity index (χ0n) is 8.08. The number of nitrogens with one attached hydrogen (secondary N) is 2. The Morgan fingerprint density at radius 3 is 2.86 bits per heavy atom. The van der Waals surface area contributed by atoms with E-state index < -0.39 is 6.09 Å². The van der Waals surface area contributed by atoms with Gasteiger partial charge in [0.25, 0.3) is 0 Å². The molecule has 2 saturated heterocycles. The Labute approximate surface area is 82.8 Å². The normalized spacial score (nSPS) is 30.4. The molecule has 1 unspecified atom stereocenters. The zero-order valence-corrected chi connectivity index (χ0v) is 8.08. The van der Waals surface area contributed by atoms with Gasteiger partial charge < -0.3 is 20.5 Å². The van der Waals surface area contributed by atoms with E-state index in [9.17, 15) is 4.79 Å². The van der Waals surface area contributed by atoms with Gasteiger partial charge in [-0.15, -0.1) is 0 Å². The van der Waals surface area contributed by atoms with Crippen molar-refractivity contribution in [2.75, 3.05) is 19.7 Å². The number of rotatable bonds is 1. The van der Waals surface area contributed by atoms with Crippen molar-refractivity contribution < 1.29 is 14.6 Å². The van der Waals surface area contributed by atoms with Crippen LogP contribution < -0.4 is 10.6 Å². The summed E-state index contributed by atoms with van der Waals surface area (Å²) < 4.78 is 5.73. The average Bonchev–Trinajstić information content (AvgIpc) is 2.49. The maximum Gasteiger partial charge on any atom is 0.404 e. The molecule has 0 aromatic heterocycles. The van der Waals surface area contributed by atoms with E-state index in [-0.39, 0.29) is 11.6 Å². The topological polar surface area (TPSA) is 70.6 Å². The number of amides is 1. The second-order valence-corrected chi connectivity index (χ2v) is 4.09. The van der Waals surface area contributed by atoms with Gasteiger partial charge in [-0.1, -0.05) is 0 Å². The predicted octanol–water partition coefficient (Wildman–Crippen LogP) is 0.165. The third-order valence-corrected chi connectivity index (χ3v) is 3.05. The van der Waals surface area contributed by atoms with Crippen molar-refractivity contribution in [3.05, 3.63) is 0 Å². The molecule has 5 heteroatoms. The van der Waals surface area contributed by atoms with Crippen LogP contribution in [0.15, 0.2) is 0 Å². The van der Waals surface area contributed by atoms with Crippen LogP contribution in [0.3, 0.4) is 0 Å². The molecule has 2 rings (SSSR count). The summed E-state index contributed by atoms with van der Waals surface area (Å²) in [5.74, 6) is 0.